The van der Waals surface area contributed by atoms with Crippen molar-refractivity contribution in [2.75, 3.05) is 0 Å². The summed E-state index contributed by atoms with van der Waals surface area (Å²) in [5.41, 5.74) is 3.09. The van der Waals surface area contributed by atoms with Crippen LogP contribution < -0.4 is 4.74 Å². The number of rotatable bonds is 8. The van der Waals surface area contributed by atoms with Crippen molar-refractivity contribution in [3.8, 4) is 5.75 Å². The molecule has 0 aliphatic rings. The summed E-state index contributed by atoms with van der Waals surface area (Å²) >= 11 is 5.88. The number of allylic oxidation sites excluding steroid dienone is 1. The molecule has 0 heterocycles. The molecule has 0 aliphatic heterocycles. The molecule has 0 aliphatic carbocycles. The average Bonchev–Trinajstić information content (AvgIpc) is 2.78. The Morgan fingerprint density at radius 2 is 1.39 bits per heavy atom. The highest BCUT2D eigenvalue weighted by Crippen LogP contribution is 2.22. The predicted octanol–water partition coefficient (Wildman–Crippen LogP) is 6.90. The quantitative estimate of drug-likeness (QED) is 0.270. The molecule has 33 heavy (non-hydrogen) atoms. The molecule has 5 heteroatoms. The van der Waals surface area contributed by atoms with Crippen molar-refractivity contribution >= 4 is 29.4 Å². The van der Waals surface area contributed by atoms with Gasteiger partial charge >= 0.3 is 5.97 Å². The van der Waals surface area contributed by atoms with Gasteiger partial charge in [-0.25, -0.2) is 4.79 Å². The van der Waals surface area contributed by atoms with Gasteiger partial charge in [-0.15, -0.1) is 0 Å². The van der Waals surface area contributed by atoms with E-state index in [4.69, 9.17) is 21.1 Å². The Balaban J connectivity index is 1.58. The van der Waals surface area contributed by atoms with Crippen LogP contribution in [0.1, 0.15) is 54.7 Å². The second-order valence-electron chi connectivity index (χ2n) is 8.51. The van der Waals surface area contributed by atoms with E-state index in [2.05, 4.69) is 6.08 Å². The van der Waals surface area contributed by atoms with Crippen LogP contribution in [0.3, 0.4) is 0 Å². The smallest absolute Gasteiger partial charge is 0.350 e. The Kier molecular flexibility index (Phi) is 7.72. The molecule has 3 aromatic rings. The van der Waals surface area contributed by atoms with E-state index in [1.54, 1.807) is 62.4 Å². The highest BCUT2D eigenvalue weighted by molar-refractivity contribution is 6.30. The third-order valence-electron chi connectivity index (χ3n) is 4.89. The number of halogens is 1. The van der Waals surface area contributed by atoms with Crippen LogP contribution in [-0.2, 0) is 16.1 Å². The Hall–Kier alpha value is -3.37. The standard InChI is InChI=1S/C28H27ClO4/c1-19(2)17-20-5-7-21(8-6-20)18-32-27(31)28(3,4)33-25-15-11-23(12-16-25)26(30)22-9-13-24(29)14-10-22/h5-17H,18H2,1-4H3. The molecule has 0 unspecified atom stereocenters. The molecule has 0 aromatic heterocycles. The van der Waals surface area contributed by atoms with E-state index in [1.165, 1.54) is 5.57 Å². The predicted molar refractivity (Wildman–Crippen MR) is 132 cm³/mol. The monoisotopic (exact) mass is 462 g/mol. The molecule has 0 fully saturated rings. The molecule has 0 amide bonds. The first kappa shape index (κ1) is 24.3. The fourth-order valence-corrected chi connectivity index (χ4v) is 3.27. The minimum absolute atomic E-state index is 0.118. The average molecular weight is 463 g/mol. The van der Waals surface area contributed by atoms with Crippen LogP contribution in [0.5, 0.6) is 5.75 Å². The van der Waals surface area contributed by atoms with Crippen molar-refractivity contribution < 1.29 is 19.1 Å². The molecule has 170 valence electrons. The highest BCUT2D eigenvalue weighted by Gasteiger charge is 2.32. The van der Waals surface area contributed by atoms with Gasteiger partial charge in [0.2, 0.25) is 0 Å². The molecule has 3 aromatic carbocycles. The SMILES string of the molecule is CC(C)=Cc1ccc(COC(=O)C(C)(C)Oc2ccc(C(=O)c3ccc(Cl)cc3)cc2)cc1. The minimum atomic E-state index is -1.19. The summed E-state index contributed by atoms with van der Waals surface area (Å²) in [6, 6.07) is 21.3. The number of carbonyl (C=O) groups is 2. The molecule has 0 bridgehead atoms. The van der Waals surface area contributed by atoms with Gasteiger partial charge < -0.3 is 9.47 Å². The second kappa shape index (κ2) is 10.5. The molecular formula is C28H27ClO4. The van der Waals surface area contributed by atoms with Crippen LogP contribution in [0.25, 0.3) is 6.08 Å². The molecule has 3 rings (SSSR count). The summed E-state index contributed by atoms with van der Waals surface area (Å²) in [5, 5.41) is 0.574. The van der Waals surface area contributed by atoms with E-state index in [1.807, 2.05) is 38.1 Å². The minimum Gasteiger partial charge on any atom is -0.476 e. The molecule has 0 spiro atoms. The van der Waals surface area contributed by atoms with E-state index < -0.39 is 11.6 Å². The van der Waals surface area contributed by atoms with Crippen molar-refractivity contribution in [1.29, 1.82) is 0 Å². The summed E-state index contributed by atoms with van der Waals surface area (Å²) in [6.07, 6.45) is 2.08. The van der Waals surface area contributed by atoms with Crippen molar-refractivity contribution in [3.63, 3.8) is 0 Å². The van der Waals surface area contributed by atoms with Gasteiger partial charge in [-0.2, -0.15) is 0 Å². The van der Waals surface area contributed by atoms with Gasteiger partial charge in [0.05, 0.1) is 0 Å². The van der Waals surface area contributed by atoms with E-state index in [-0.39, 0.29) is 12.4 Å². The highest BCUT2D eigenvalue weighted by atomic mass is 35.5. The van der Waals surface area contributed by atoms with E-state index >= 15 is 0 Å². The lowest BCUT2D eigenvalue weighted by molar-refractivity contribution is -0.160. The van der Waals surface area contributed by atoms with E-state index in [0.717, 1.165) is 11.1 Å². The Bertz CT molecular complexity index is 1140. The van der Waals surface area contributed by atoms with Gasteiger partial charge in [0, 0.05) is 16.1 Å². The molecule has 0 N–H and O–H groups in total. The van der Waals surface area contributed by atoms with Crippen LogP contribution in [0.4, 0.5) is 0 Å². The fourth-order valence-electron chi connectivity index (χ4n) is 3.14. The maximum Gasteiger partial charge on any atom is 0.350 e. The first-order chi connectivity index (χ1) is 15.6. The normalized spacial score (nSPS) is 10.9. The van der Waals surface area contributed by atoms with Gasteiger partial charge in [-0.05, 0) is 87.4 Å². The summed E-state index contributed by atoms with van der Waals surface area (Å²) in [5.74, 6) is -0.125. The fraction of sp³-hybridized carbons (Fsp3) is 0.214. The maximum atomic E-state index is 12.6. The van der Waals surface area contributed by atoms with E-state index in [9.17, 15) is 9.59 Å². The zero-order chi connectivity index (χ0) is 24.0. The molecule has 0 atom stereocenters. The number of ether oxygens (including phenoxy) is 2. The summed E-state index contributed by atoms with van der Waals surface area (Å²) in [7, 11) is 0. The van der Waals surface area contributed by atoms with Crippen molar-refractivity contribution in [1.82, 2.24) is 0 Å². The number of esters is 1. The third-order valence-corrected chi connectivity index (χ3v) is 5.14. The number of carbonyl (C=O) groups excluding carboxylic acids is 2. The lowest BCUT2D eigenvalue weighted by Crippen LogP contribution is -2.39. The summed E-state index contributed by atoms with van der Waals surface area (Å²) < 4.78 is 11.3. The number of hydrogen-bond donors (Lipinski definition) is 0. The molecule has 0 radical (unpaired) electrons. The first-order valence-electron chi connectivity index (χ1n) is 10.6. The Morgan fingerprint density at radius 3 is 1.94 bits per heavy atom. The first-order valence-corrected chi connectivity index (χ1v) is 11.0. The largest absolute Gasteiger partial charge is 0.476 e. The molecule has 4 nitrogen and oxygen atoms in total. The summed E-state index contributed by atoms with van der Waals surface area (Å²) in [4.78, 5) is 25.2. The zero-order valence-corrected chi connectivity index (χ0v) is 20.0. The van der Waals surface area contributed by atoms with Crippen molar-refractivity contribution in [3.05, 3.63) is 106 Å². The zero-order valence-electron chi connectivity index (χ0n) is 19.2. The number of hydrogen-bond acceptors (Lipinski definition) is 4. The maximum absolute atomic E-state index is 12.6. The second-order valence-corrected chi connectivity index (χ2v) is 8.95. The van der Waals surface area contributed by atoms with Gasteiger partial charge in [0.15, 0.2) is 11.4 Å². The van der Waals surface area contributed by atoms with Gasteiger partial charge in [-0.1, -0.05) is 47.5 Å². The van der Waals surface area contributed by atoms with Gasteiger partial charge in [-0.3, -0.25) is 4.79 Å². The van der Waals surface area contributed by atoms with Crippen LogP contribution in [0, 0.1) is 0 Å². The summed E-state index contributed by atoms with van der Waals surface area (Å²) in [6.45, 7) is 7.56. The molecule has 0 saturated carbocycles. The topological polar surface area (TPSA) is 52.6 Å². The molecular weight excluding hydrogens is 436 g/mol. The molecule has 0 saturated heterocycles. The van der Waals surface area contributed by atoms with Crippen LogP contribution in [0.15, 0.2) is 78.4 Å². The lowest BCUT2D eigenvalue weighted by atomic mass is 10.0. The van der Waals surface area contributed by atoms with Gasteiger partial charge in [0.1, 0.15) is 12.4 Å². The van der Waals surface area contributed by atoms with Crippen LogP contribution >= 0.6 is 11.6 Å². The number of ketones is 1. The van der Waals surface area contributed by atoms with Crippen LogP contribution in [-0.4, -0.2) is 17.4 Å². The number of benzene rings is 3. The third kappa shape index (κ3) is 6.80. The Morgan fingerprint density at radius 1 is 0.848 bits per heavy atom. The van der Waals surface area contributed by atoms with E-state index in [0.29, 0.717) is 21.9 Å². The van der Waals surface area contributed by atoms with Crippen molar-refractivity contribution in [2.45, 2.75) is 39.9 Å². The Labute approximate surface area is 199 Å². The van der Waals surface area contributed by atoms with Crippen LogP contribution in [0.2, 0.25) is 5.02 Å². The van der Waals surface area contributed by atoms with Gasteiger partial charge in [0.25, 0.3) is 0 Å². The lowest BCUT2D eigenvalue weighted by Gasteiger charge is -2.24. The van der Waals surface area contributed by atoms with Crippen molar-refractivity contribution in [2.24, 2.45) is 0 Å².